The van der Waals surface area contributed by atoms with Gasteiger partial charge < -0.3 is 10.6 Å². The van der Waals surface area contributed by atoms with E-state index in [9.17, 15) is 4.79 Å². The first-order chi connectivity index (χ1) is 10.1. The van der Waals surface area contributed by atoms with Crippen molar-refractivity contribution in [1.29, 1.82) is 0 Å². The molecule has 1 heterocycles. The van der Waals surface area contributed by atoms with Crippen molar-refractivity contribution >= 4 is 40.6 Å². The fraction of sp³-hybridized carbons (Fsp3) is 0.267. The van der Waals surface area contributed by atoms with Gasteiger partial charge in [-0.05, 0) is 42.5 Å². The molecule has 0 saturated heterocycles. The normalized spacial score (nSPS) is 12.0. The van der Waals surface area contributed by atoms with Crippen LogP contribution in [0.1, 0.15) is 23.4 Å². The summed E-state index contributed by atoms with van der Waals surface area (Å²) >= 11 is 13.5. The van der Waals surface area contributed by atoms with E-state index in [1.165, 1.54) is 4.88 Å². The van der Waals surface area contributed by atoms with E-state index in [0.29, 0.717) is 16.6 Å². The molecule has 0 spiro atoms. The number of thiophene rings is 1. The van der Waals surface area contributed by atoms with Crippen molar-refractivity contribution in [3.05, 3.63) is 56.2 Å². The zero-order chi connectivity index (χ0) is 15.2. The maximum atomic E-state index is 11.8. The summed E-state index contributed by atoms with van der Waals surface area (Å²) in [5, 5.41) is 8.74. The van der Waals surface area contributed by atoms with E-state index in [1.54, 1.807) is 23.5 Å². The molecule has 1 aromatic heterocycles. The summed E-state index contributed by atoms with van der Waals surface area (Å²) in [6, 6.07) is 9.08. The first-order valence-corrected chi connectivity index (χ1v) is 8.21. The fourth-order valence-corrected chi connectivity index (χ4v) is 2.88. The third-order valence-corrected chi connectivity index (χ3v) is 4.70. The lowest BCUT2D eigenvalue weighted by Gasteiger charge is -2.15. The van der Waals surface area contributed by atoms with E-state index in [-0.39, 0.29) is 12.1 Å². The Hall–Kier alpha value is -1.23. The van der Waals surface area contributed by atoms with Gasteiger partial charge in [0.05, 0.1) is 16.1 Å². The number of nitrogens with one attached hydrogen (secondary N) is 2. The third kappa shape index (κ3) is 4.92. The van der Waals surface area contributed by atoms with Crippen molar-refractivity contribution in [2.75, 3.05) is 6.54 Å². The molecule has 6 heteroatoms. The molecule has 2 amide bonds. The largest absolute Gasteiger partial charge is 0.338 e. The van der Waals surface area contributed by atoms with Gasteiger partial charge in [-0.2, -0.15) is 0 Å². The van der Waals surface area contributed by atoms with Crippen LogP contribution in [-0.4, -0.2) is 12.6 Å². The molecule has 0 aliphatic carbocycles. The van der Waals surface area contributed by atoms with Crippen molar-refractivity contribution in [1.82, 2.24) is 10.6 Å². The summed E-state index contributed by atoms with van der Waals surface area (Å²) in [5.74, 6) is 0. The number of benzene rings is 1. The summed E-state index contributed by atoms with van der Waals surface area (Å²) < 4.78 is 0. The second-order valence-electron chi connectivity index (χ2n) is 4.62. The van der Waals surface area contributed by atoms with Gasteiger partial charge in [-0.3, -0.25) is 0 Å². The van der Waals surface area contributed by atoms with Crippen LogP contribution < -0.4 is 10.6 Å². The van der Waals surface area contributed by atoms with Crippen molar-refractivity contribution < 1.29 is 4.79 Å². The first-order valence-electron chi connectivity index (χ1n) is 6.58. The number of carbonyl (C=O) groups is 1. The third-order valence-electron chi connectivity index (χ3n) is 3.03. The van der Waals surface area contributed by atoms with Gasteiger partial charge in [0.2, 0.25) is 0 Å². The van der Waals surface area contributed by atoms with Crippen LogP contribution in [0, 0.1) is 0 Å². The van der Waals surface area contributed by atoms with Crippen molar-refractivity contribution in [2.45, 2.75) is 19.4 Å². The molecule has 0 bridgehead atoms. The van der Waals surface area contributed by atoms with Crippen molar-refractivity contribution in [2.24, 2.45) is 0 Å². The molecule has 2 rings (SSSR count). The van der Waals surface area contributed by atoms with Crippen LogP contribution in [0.2, 0.25) is 10.0 Å². The molecule has 2 N–H and O–H groups in total. The minimum atomic E-state index is -0.190. The number of rotatable bonds is 5. The van der Waals surface area contributed by atoms with Crippen LogP contribution in [0.15, 0.2) is 35.7 Å². The van der Waals surface area contributed by atoms with Crippen LogP contribution in [0.4, 0.5) is 4.79 Å². The highest BCUT2D eigenvalue weighted by atomic mass is 35.5. The second kappa shape index (κ2) is 7.69. The maximum absolute atomic E-state index is 11.8. The van der Waals surface area contributed by atoms with E-state index in [0.717, 1.165) is 12.0 Å². The Labute approximate surface area is 138 Å². The average molecular weight is 343 g/mol. The summed E-state index contributed by atoms with van der Waals surface area (Å²) in [7, 11) is 0. The summed E-state index contributed by atoms with van der Waals surface area (Å²) in [5.41, 5.74) is 0.915. The first kappa shape index (κ1) is 16.1. The number of amides is 2. The highest BCUT2D eigenvalue weighted by Crippen LogP contribution is 2.25. The average Bonchev–Trinajstić information content (AvgIpc) is 2.95. The SMILES string of the molecule is CC(NC(=O)NCCc1cccs1)c1ccc(Cl)c(Cl)c1. The van der Waals surface area contributed by atoms with Crippen LogP contribution in [0.3, 0.4) is 0 Å². The molecule has 3 nitrogen and oxygen atoms in total. The maximum Gasteiger partial charge on any atom is 0.315 e. The summed E-state index contributed by atoms with van der Waals surface area (Å²) in [6.07, 6.45) is 0.840. The minimum Gasteiger partial charge on any atom is -0.338 e. The van der Waals surface area contributed by atoms with E-state index in [2.05, 4.69) is 16.7 Å². The number of urea groups is 1. The Morgan fingerprint density at radius 3 is 2.76 bits per heavy atom. The van der Waals surface area contributed by atoms with E-state index >= 15 is 0 Å². The number of carbonyl (C=O) groups excluding carboxylic acids is 1. The highest BCUT2D eigenvalue weighted by molar-refractivity contribution is 7.09. The van der Waals surface area contributed by atoms with Gasteiger partial charge in [-0.25, -0.2) is 4.79 Å². The Morgan fingerprint density at radius 1 is 1.29 bits per heavy atom. The summed E-state index contributed by atoms with van der Waals surface area (Å²) in [4.78, 5) is 13.1. The predicted octanol–water partition coefficient (Wildman–Crippen LogP) is 4.66. The lowest BCUT2D eigenvalue weighted by atomic mass is 10.1. The molecule has 21 heavy (non-hydrogen) atoms. The minimum absolute atomic E-state index is 0.137. The van der Waals surface area contributed by atoms with E-state index < -0.39 is 0 Å². The van der Waals surface area contributed by atoms with Crippen molar-refractivity contribution in [3.8, 4) is 0 Å². The Kier molecular flexibility index (Phi) is 5.91. The Balaban J connectivity index is 1.79. The standard InChI is InChI=1S/C15H16Cl2N2OS/c1-10(11-4-5-13(16)14(17)9-11)19-15(20)18-7-6-12-3-2-8-21-12/h2-5,8-10H,6-7H2,1H3,(H2,18,19,20). The van der Waals surface area contributed by atoms with Gasteiger partial charge in [-0.1, -0.05) is 35.3 Å². The van der Waals surface area contributed by atoms with Gasteiger partial charge in [-0.15, -0.1) is 11.3 Å². The molecule has 1 unspecified atom stereocenters. The van der Waals surface area contributed by atoms with E-state index in [4.69, 9.17) is 23.2 Å². The molecule has 1 aromatic carbocycles. The smallest absolute Gasteiger partial charge is 0.315 e. The van der Waals surface area contributed by atoms with Gasteiger partial charge in [0.15, 0.2) is 0 Å². The van der Waals surface area contributed by atoms with Crippen LogP contribution in [0.25, 0.3) is 0 Å². The quantitative estimate of drug-likeness (QED) is 0.815. The molecular weight excluding hydrogens is 327 g/mol. The lowest BCUT2D eigenvalue weighted by Crippen LogP contribution is -2.37. The van der Waals surface area contributed by atoms with Crippen LogP contribution >= 0.6 is 34.5 Å². The number of halogens is 2. The van der Waals surface area contributed by atoms with Gasteiger partial charge in [0.25, 0.3) is 0 Å². The molecule has 0 saturated carbocycles. The topological polar surface area (TPSA) is 41.1 Å². The fourth-order valence-electron chi connectivity index (χ4n) is 1.87. The molecule has 0 fully saturated rings. The van der Waals surface area contributed by atoms with Gasteiger partial charge >= 0.3 is 6.03 Å². The van der Waals surface area contributed by atoms with Gasteiger partial charge in [0.1, 0.15) is 0 Å². The molecular formula is C15H16Cl2N2OS. The second-order valence-corrected chi connectivity index (χ2v) is 6.47. The Bertz CT molecular complexity index is 602. The molecule has 2 aromatic rings. The Morgan fingerprint density at radius 2 is 2.10 bits per heavy atom. The van der Waals surface area contributed by atoms with Crippen molar-refractivity contribution in [3.63, 3.8) is 0 Å². The highest BCUT2D eigenvalue weighted by Gasteiger charge is 2.10. The predicted molar refractivity (Wildman–Crippen MR) is 89.4 cm³/mol. The van der Waals surface area contributed by atoms with Crippen LogP contribution in [0.5, 0.6) is 0 Å². The zero-order valence-electron chi connectivity index (χ0n) is 11.5. The molecule has 0 aliphatic rings. The number of hydrogen-bond donors (Lipinski definition) is 2. The zero-order valence-corrected chi connectivity index (χ0v) is 13.9. The molecule has 112 valence electrons. The molecule has 0 radical (unpaired) electrons. The molecule has 0 aliphatic heterocycles. The summed E-state index contributed by atoms with van der Waals surface area (Å²) in [6.45, 7) is 2.51. The monoisotopic (exact) mass is 342 g/mol. The molecule has 1 atom stereocenters. The van der Waals surface area contributed by atoms with Crippen LogP contribution in [-0.2, 0) is 6.42 Å². The van der Waals surface area contributed by atoms with E-state index in [1.807, 2.05) is 24.4 Å². The lowest BCUT2D eigenvalue weighted by molar-refractivity contribution is 0.238. The van der Waals surface area contributed by atoms with Gasteiger partial charge in [0, 0.05) is 11.4 Å². The number of hydrogen-bond acceptors (Lipinski definition) is 2.